The lowest BCUT2D eigenvalue weighted by Crippen LogP contribution is -2.50. The van der Waals surface area contributed by atoms with E-state index in [0.29, 0.717) is 5.69 Å². The molecule has 0 spiro atoms. The highest BCUT2D eigenvalue weighted by Gasteiger charge is 2.28. The fourth-order valence-corrected chi connectivity index (χ4v) is 1.89. The number of nitrogens with one attached hydrogen (secondary N) is 1. The number of carboxylic acid groups (broad SMARTS) is 1. The van der Waals surface area contributed by atoms with Crippen molar-refractivity contribution in [1.29, 1.82) is 0 Å². The third-order valence-electron chi connectivity index (χ3n) is 3.07. The molecule has 0 aliphatic rings. The number of aliphatic carboxylic acids is 1. The first-order chi connectivity index (χ1) is 9.29. The summed E-state index contributed by atoms with van der Waals surface area (Å²) in [6.07, 6.45) is 1.84. The van der Waals surface area contributed by atoms with Crippen LogP contribution >= 0.6 is 0 Å². The molecule has 20 heavy (non-hydrogen) atoms. The Morgan fingerprint density at radius 1 is 1.40 bits per heavy atom. The van der Waals surface area contributed by atoms with Gasteiger partial charge in [0, 0.05) is 11.9 Å². The van der Waals surface area contributed by atoms with Gasteiger partial charge in [-0.1, -0.05) is 6.07 Å². The van der Waals surface area contributed by atoms with Crippen LogP contribution in [-0.4, -0.2) is 31.9 Å². The van der Waals surface area contributed by atoms with Gasteiger partial charge in [0.15, 0.2) is 0 Å². The largest absolute Gasteiger partial charge is 0.480 e. The summed E-state index contributed by atoms with van der Waals surface area (Å²) < 4.78 is 1.89. The van der Waals surface area contributed by atoms with Gasteiger partial charge in [-0.2, -0.15) is 0 Å². The summed E-state index contributed by atoms with van der Waals surface area (Å²) in [6.45, 7) is 4.84. The minimum atomic E-state index is -1.29. The number of aromatic nitrogens is 2. The number of rotatable bonds is 4. The van der Waals surface area contributed by atoms with Gasteiger partial charge >= 0.3 is 5.97 Å². The number of hydrogen-bond acceptors (Lipinski definition) is 3. The lowest BCUT2D eigenvalue weighted by atomic mass is 10.1. The van der Waals surface area contributed by atoms with Crippen LogP contribution < -0.4 is 5.32 Å². The smallest absolute Gasteiger partial charge is 0.328 e. The van der Waals surface area contributed by atoms with Gasteiger partial charge in [0.05, 0.1) is 12.1 Å². The number of carboxylic acids is 1. The first kappa shape index (κ1) is 14.0. The van der Waals surface area contributed by atoms with E-state index in [4.69, 9.17) is 5.11 Å². The van der Waals surface area contributed by atoms with Gasteiger partial charge in [-0.15, -0.1) is 0 Å². The molecule has 2 heterocycles. The average molecular weight is 275 g/mol. The normalized spacial score (nSPS) is 11.6. The number of imidazole rings is 1. The van der Waals surface area contributed by atoms with Crippen LogP contribution in [0.15, 0.2) is 24.4 Å². The van der Waals surface area contributed by atoms with Crippen molar-refractivity contribution >= 4 is 17.5 Å². The van der Waals surface area contributed by atoms with Gasteiger partial charge in [0.25, 0.3) is 0 Å². The number of carbonyl (C=O) groups excluding carboxylic acids is 1. The molecule has 2 N–H and O–H groups in total. The van der Waals surface area contributed by atoms with E-state index in [9.17, 15) is 9.59 Å². The van der Waals surface area contributed by atoms with Crippen LogP contribution in [0.1, 0.15) is 25.2 Å². The Morgan fingerprint density at radius 3 is 2.70 bits per heavy atom. The maximum absolute atomic E-state index is 11.9. The van der Waals surface area contributed by atoms with Crippen LogP contribution in [-0.2, 0) is 16.0 Å². The van der Waals surface area contributed by atoms with Crippen molar-refractivity contribution in [1.82, 2.24) is 14.7 Å². The van der Waals surface area contributed by atoms with Gasteiger partial charge in [0.2, 0.25) is 5.91 Å². The van der Waals surface area contributed by atoms with Crippen molar-refractivity contribution in [3.63, 3.8) is 0 Å². The highest BCUT2D eigenvalue weighted by Crippen LogP contribution is 2.09. The Balaban J connectivity index is 2.14. The first-order valence-corrected chi connectivity index (χ1v) is 6.27. The summed E-state index contributed by atoms with van der Waals surface area (Å²) >= 11 is 0. The zero-order valence-electron chi connectivity index (χ0n) is 11.7. The molecule has 2 aromatic rings. The fourth-order valence-electron chi connectivity index (χ4n) is 1.89. The molecule has 0 fully saturated rings. The lowest BCUT2D eigenvalue weighted by molar-refractivity contribution is -0.145. The average Bonchev–Trinajstić information content (AvgIpc) is 2.71. The molecule has 2 aromatic heterocycles. The van der Waals surface area contributed by atoms with Crippen molar-refractivity contribution in [2.45, 2.75) is 32.7 Å². The summed E-state index contributed by atoms with van der Waals surface area (Å²) in [5.74, 6) is -1.44. The maximum atomic E-state index is 11.9. The summed E-state index contributed by atoms with van der Waals surface area (Å²) in [5, 5.41) is 11.4. The zero-order valence-corrected chi connectivity index (χ0v) is 11.7. The number of pyridine rings is 1. The van der Waals surface area contributed by atoms with E-state index in [1.807, 2.05) is 29.5 Å². The van der Waals surface area contributed by atoms with Crippen LogP contribution in [0.3, 0.4) is 0 Å². The SMILES string of the molecule is Cc1cccc2nc(CC(=O)NC(C)(C)C(=O)O)cn12. The molecule has 0 aromatic carbocycles. The van der Waals surface area contributed by atoms with E-state index < -0.39 is 11.5 Å². The van der Waals surface area contributed by atoms with Gasteiger partial charge in [-0.25, -0.2) is 9.78 Å². The molecule has 0 saturated heterocycles. The number of carbonyl (C=O) groups is 2. The van der Waals surface area contributed by atoms with E-state index in [-0.39, 0.29) is 12.3 Å². The van der Waals surface area contributed by atoms with Crippen molar-refractivity contribution in [2.75, 3.05) is 0 Å². The van der Waals surface area contributed by atoms with Gasteiger partial charge in [-0.3, -0.25) is 4.79 Å². The third-order valence-corrected chi connectivity index (χ3v) is 3.07. The van der Waals surface area contributed by atoms with Gasteiger partial charge < -0.3 is 14.8 Å². The lowest BCUT2D eigenvalue weighted by Gasteiger charge is -2.20. The van der Waals surface area contributed by atoms with E-state index >= 15 is 0 Å². The topological polar surface area (TPSA) is 83.7 Å². The van der Waals surface area contributed by atoms with Crippen molar-refractivity contribution in [2.24, 2.45) is 0 Å². The quantitative estimate of drug-likeness (QED) is 0.877. The predicted molar refractivity (Wildman–Crippen MR) is 73.5 cm³/mol. The highest BCUT2D eigenvalue weighted by atomic mass is 16.4. The molecule has 0 unspecified atom stereocenters. The Bertz CT molecular complexity index is 673. The Morgan fingerprint density at radius 2 is 2.10 bits per heavy atom. The van der Waals surface area contributed by atoms with E-state index in [1.54, 1.807) is 6.20 Å². The fraction of sp³-hybridized carbons (Fsp3) is 0.357. The molecule has 0 radical (unpaired) electrons. The predicted octanol–water partition coefficient (Wildman–Crippen LogP) is 1.16. The van der Waals surface area contributed by atoms with Crippen LogP contribution in [0.5, 0.6) is 0 Å². The summed E-state index contributed by atoms with van der Waals surface area (Å²) in [4.78, 5) is 27.2. The number of fused-ring (bicyclic) bond motifs is 1. The number of hydrogen-bond donors (Lipinski definition) is 2. The van der Waals surface area contributed by atoms with E-state index in [1.165, 1.54) is 13.8 Å². The van der Waals surface area contributed by atoms with Crippen LogP contribution in [0.4, 0.5) is 0 Å². The zero-order chi connectivity index (χ0) is 14.9. The second-order valence-corrected chi connectivity index (χ2v) is 5.28. The van der Waals surface area contributed by atoms with Gasteiger partial charge in [-0.05, 0) is 32.9 Å². The van der Waals surface area contributed by atoms with Crippen LogP contribution in [0.2, 0.25) is 0 Å². The summed E-state index contributed by atoms with van der Waals surface area (Å²) in [6, 6.07) is 5.71. The Labute approximate surface area is 116 Å². The molecular formula is C14H17N3O3. The van der Waals surface area contributed by atoms with E-state index in [2.05, 4.69) is 10.3 Å². The number of aryl methyl sites for hydroxylation is 1. The monoisotopic (exact) mass is 275 g/mol. The molecule has 6 heteroatoms. The van der Waals surface area contributed by atoms with Crippen LogP contribution in [0, 0.1) is 6.92 Å². The maximum Gasteiger partial charge on any atom is 0.328 e. The first-order valence-electron chi connectivity index (χ1n) is 6.27. The number of amides is 1. The summed E-state index contributed by atoms with van der Waals surface area (Å²) in [5.41, 5.74) is 1.11. The Kier molecular flexibility index (Phi) is 3.48. The highest BCUT2D eigenvalue weighted by molar-refractivity contribution is 5.87. The molecule has 106 valence electrons. The second kappa shape index (κ2) is 4.96. The molecule has 0 atom stereocenters. The molecule has 0 bridgehead atoms. The summed E-state index contributed by atoms with van der Waals surface area (Å²) in [7, 11) is 0. The third kappa shape index (κ3) is 2.79. The number of nitrogens with zero attached hydrogens (tertiary/aromatic N) is 2. The minimum absolute atomic E-state index is 0.0534. The Hall–Kier alpha value is -2.37. The van der Waals surface area contributed by atoms with E-state index in [0.717, 1.165) is 11.3 Å². The molecule has 6 nitrogen and oxygen atoms in total. The van der Waals surface area contributed by atoms with Crippen molar-refractivity contribution in [3.05, 3.63) is 35.8 Å². The molecule has 2 rings (SSSR count). The van der Waals surface area contributed by atoms with Crippen molar-refractivity contribution < 1.29 is 14.7 Å². The molecule has 1 amide bonds. The van der Waals surface area contributed by atoms with Gasteiger partial charge in [0.1, 0.15) is 11.2 Å². The molecule has 0 saturated carbocycles. The molecule has 0 aliphatic carbocycles. The standard InChI is InChI=1S/C14H17N3O3/c1-9-5-4-6-11-15-10(8-17(9)11)7-12(18)16-14(2,3)13(19)20/h4-6,8H,7H2,1-3H3,(H,16,18)(H,19,20). The minimum Gasteiger partial charge on any atom is -0.480 e. The van der Waals surface area contributed by atoms with Crippen LogP contribution in [0.25, 0.3) is 5.65 Å². The second-order valence-electron chi connectivity index (χ2n) is 5.28. The molecular weight excluding hydrogens is 258 g/mol. The molecule has 0 aliphatic heterocycles. The van der Waals surface area contributed by atoms with Crippen molar-refractivity contribution in [3.8, 4) is 0 Å².